The van der Waals surface area contributed by atoms with Gasteiger partial charge in [0.1, 0.15) is 5.60 Å². The molecule has 0 atom stereocenters. The van der Waals surface area contributed by atoms with Gasteiger partial charge in [-0.3, -0.25) is 4.98 Å². The molecular formula is C22H27N5O2. The highest BCUT2D eigenvalue weighted by molar-refractivity contribution is 5.75. The largest absolute Gasteiger partial charge is 0.384 e. The first kappa shape index (κ1) is 18.5. The first-order valence-corrected chi connectivity index (χ1v) is 10.5. The van der Waals surface area contributed by atoms with Crippen molar-refractivity contribution in [1.82, 2.24) is 19.6 Å². The van der Waals surface area contributed by atoms with Gasteiger partial charge in [-0.1, -0.05) is 19.3 Å². The Hall–Kier alpha value is -2.51. The predicted octanol–water partition coefficient (Wildman–Crippen LogP) is 3.09. The van der Waals surface area contributed by atoms with Crippen LogP contribution in [0.15, 0.2) is 30.6 Å². The lowest BCUT2D eigenvalue weighted by Gasteiger charge is -2.31. The summed E-state index contributed by atoms with van der Waals surface area (Å²) in [5.41, 5.74) is 4.76. The van der Waals surface area contributed by atoms with Gasteiger partial charge in [0.05, 0.1) is 42.2 Å². The zero-order chi connectivity index (χ0) is 19.8. The molecule has 0 bridgehead atoms. The van der Waals surface area contributed by atoms with E-state index < -0.39 is 5.60 Å². The molecule has 3 aromatic heterocycles. The number of imidazole rings is 1. The van der Waals surface area contributed by atoms with E-state index in [-0.39, 0.29) is 0 Å². The van der Waals surface area contributed by atoms with Crippen molar-refractivity contribution in [2.45, 2.75) is 44.6 Å². The number of aryl methyl sites for hydroxylation is 1. The number of anilines is 1. The fourth-order valence-electron chi connectivity index (χ4n) is 4.63. The molecule has 152 valence electrons. The van der Waals surface area contributed by atoms with Crippen LogP contribution in [0.5, 0.6) is 0 Å². The molecule has 1 saturated carbocycles. The third kappa shape index (κ3) is 3.28. The topological polar surface area (TPSA) is 75.8 Å². The predicted molar refractivity (Wildman–Crippen MR) is 111 cm³/mol. The summed E-state index contributed by atoms with van der Waals surface area (Å²) in [6, 6.07) is 6.02. The summed E-state index contributed by atoms with van der Waals surface area (Å²) in [5, 5.41) is 15.5. The molecule has 7 nitrogen and oxygen atoms in total. The molecule has 4 heterocycles. The highest BCUT2D eigenvalue weighted by Gasteiger charge is 2.32. The van der Waals surface area contributed by atoms with Gasteiger partial charge in [-0.25, -0.2) is 9.50 Å². The number of aromatic nitrogens is 4. The Morgan fingerprint density at radius 3 is 2.59 bits per heavy atom. The van der Waals surface area contributed by atoms with Crippen LogP contribution < -0.4 is 4.90 Å². The van der Waals surface area contributed by atoms with Crippen LogP contribution in [0.4, 0.5) is 5.69 Å². The number of pyridine rings is 1. The van der Waals surface area contributed by atoms with Crippen LogP contribution in [0.2, 0.25) is 0 Å². The lowest BCUT2D eigenvalue weighted by molar-refractivity contribution is -0.00461. The fraction of sp³-hybridized carbons (Fsp3) is 0.500. The van der Waals surface area contributed by atoms with Gasteiger partial charge < -0.3 is 14.7 Å². The van der Waals surface area contributed by atoms with Crippen molar-refractivity contribution >= 4 is 11.3 Å². The van der Waals surface area contributed by atoms with E-state index in [2.05, 4.69) is 15.0 Å². The highest BCUT2D eigenvalue weighted by atomic mass is 16.5. The van der Waals surface area contributed by atoms with E-state index in [0.717, 1.165) is 86.0 Å². The van der Waals surface area contributed by atoms with E-state index in [9.17, 15) is 5.11 Å². The maximum Gasteiger partial charge on any atom is 0.178 e. The van der Waals surface area contributed by atoms with E-state index in [0.29, 0.717) is 0 Å². The number of morpholine rings is 1. The zero-order valence-electron chi connectivity index (χ0n) is 16.8. The number of nitrogens with zero attached hydrogens (tertiary/aromatic N) is 5. The molecule has 1 aliphatic carbocycles. The molecule has 1 N–H and O–H groups in total. The molecule has 2 fully saturated rings. The molecule has 0 amide bonds. The second-order valence-electron chi connectivity index (χ2n) is 8.12. The Morgan fingerprint density at radius 2 is 1.86 bits per heavy atom. The second-order valence-corrected chi connectivity index (χ2v) is 8.12. The summed E-state index contributed by atoms with van der Waals surface area (Å²) >= 11 is 0. The van der Waals surface area contributed by atoms with Gasteiger partial charge in [-0.15, -0.1) is 0 Å². The average molecular weight is 393 g/mol. The number of fused-ring (bicyclic) bond motifs is 1. The maximum absolute atomic E-state index is 11.0. The highest BCUT2D eigenvalue weighted by Crippen LogP contribution is 2.37. The van der Waals surface area contributed by atoms with Crippen LogP contribution in [0.25, 0.3) is 16.9 Å². The molecule has 0 radical (unpaired) electrons. The third-order valence-corrected chi connectivity index (χ3v) is 6.22. The van der Waals surface area contributed by atoms with Gasteiger partial charge in [0.2, 0.25) is 0 Å². The van der Waals surface area contributed by atoms with E-state index in [1.165, 1.54) is 6.42 Å². The summed E-state index contributed by atoms with van der Waals surface area (Å²) < 4.78 is 7.40. The van der Waals surface area contributed by atoms with Crippen LogP contribution >= 0.6 is 0 Å². The number of rotatable bonds is 3. The summed E-state index contributed by atoms with van der Waals surface area (Å²) in [6.45, 7) is 5.19. The van der Waals surface area contributed by atoms with Crippen LogP contribution in [-0.2, 0) is 10.3 Å². The molecule has 1 aliphatic heterocycles. The summed E-state index contributed by atoms with van der Waals surface area (Å²) in [7, 11) is 0. The lowest BCUT2D eigenvalue weighted by Crippen LogP contribution is -2.36. The van der Waals surface area contributed by atoms with Crippen molar-refractivity contribution in [2.75, 3.05) is 31.2 Å². The first-order chi connectivity index (χ1) is 14.2. The molecule has 7 heteroatoms. The van der Waals surface area contributed by atoms with Crippen molar-refractivity contribution in [1.29, 1.82) is 0 Å². The minimum absolute atomic E-state index is 0.731. The van der Waals surface area contributed by atoms with Gasteiger partial charge in [0.15, 0.2) is 5.65 Å². The monoisotopic (exact) mass is 393 g/mol. The van der Waals surface area contributed by atoms with Crippen molar-refractivity contribution in [3.63, 3.8) is 0 Å². The Morgan fingerprint density at radius 1 is 1.07 bits per heavy atom. The van der Waals surface area contributed by atoms with Crippen molar-refractivity contribution in [2.24, 2.45) is 0 Å². The molecule has 3 aromatic rings. The fourth-order valence-corrected chi connectivity index (χ4v) is 4.63. The van der Waals surface area contributed by atoms with Gasteiger partial charge in [-0.05, 0) is 38.0 Å². The quantitative estimate of drug-likeness (QED) is 0.737. The number of hydrogen-bond donors (Lipinski definition) is 1. The lowest BCUT2D eigenvalue weighted by atomic mass is 9.82. The maximum atomic E-state index is 11.0. The van der Waals surface area contributed by atoms with Crippen LogP contribution in [0, 0.1) is 6.92 Å². The van der Waals surface area contributed by atoms with Crippen molar-refractivity contribution in [3.05, 3.63) is 42.0 Å². The summed E-state index contributed by atoms with van der Waals surface area (Å²) in [6.07, 6.45) is 8.56. The van der Waals surface area contributed by atoms with Crippen molar-refractivity contribution < 1.29 is 9.84 Å². The van der Waals surface area contributed by atoms with Gasteiger partial charge >= 0.3 is 0 Å². The third-order valence-electron chi connectivity index (χ3n) is 6.22. The van der Waals surface area contributed by atoms with Gasteiger partial charge in [-0.2, -0.15) is 5.10 Å². The Bertz CT molecular complexity index is 1000. The van der Waals surface area contributed by atoms with E-state index in [1.54, 1.807) is 0 Å². The Kier molecular flexibility index (Phi) is 4.72. The average Bonchev–Trinajstić information content (AvgIpc) is 3.11. The Balaban J connectivity index is 1.52. The zero-order valence-corrected chi connectivity index (χ0v) is 16.8. The van der Waals surface area contributed by atoms with Crippen LogP contribution in [-0.4, -0.2) is 51.0 Å². The minimum atomic E-state index is -0.785. The van der Waals surface area contributed by atoms with Crippen molar-refractivity contribution in [3.8, 4) is 11.3 Å². The molecule has 0 unspecified atom stereocenters. The van der Waals surface area contributed by atoms with Gasteiger partial charge in [0, 0.05) is 24.8 Å². The molecule has 1 saturated heterocycles. The van der Waals surface area contributed by atoms with E-state index in [1.807, 2.05) is 42.0 Å². The normalized spacial score (nSPS) is 19.6. The smallest absolute Gasteiger partial charge is 0.178 e. The molecule has 0 aromatic carbocycles. The van der Waals surface area contributed by atoms with E-state index >= 15 is 0 Å². The second kappa shape index (κ2) is 7.39. The van der Waals surface area contributed by atoms with Crippen LogP contribution in [0.3, 0.4) is 0 Å². The molecule has 2 aliphatic rings. The Labute approximate surface area is 170 Å². The van der Waals surface area contributed by atoms with Gasteiger partial charge in [0.25, 0.3) is 0 Å². The first-order valence-electron chi connectivity index (χ1n) is 10.5. The SMILES string of the molecule is Cc1nc2c(N3CCOCC3)ccnn2c1-c1ccc(C2(O)CCCCC2)nc1. The molecule has 0 spiro atoms. The summed E-state index contributed by atoms with van der Waals surface area (Å²) in [5.74, 6) is 0. The number of aliphatic hydroxyl groups is 1. The standard InChI is InChI=1S/C22H27N5O2/c1-16-20(17-5-6-19(23-15-17)22(28)8-3-2-4-9-22)27-21(25-16)18(7-10-24-27)26-11-13-29-14-12-26/h5-7,10,15,28H,2-4,8-9,11-14H2,1H3. The molecule has 5 rings (SSSR count). The molecular weight excluding hydrogens is 366 g/mol. The summed E-state index contributed by atoms with van der Waals surface area (Å²) in [4.78, 5) is 11.8. The number of ether oxygens (including phenoxy) is 1. The number of hydrogen-bond acceptors (Lipinski definition) is 6. The van der Waals surface area contributed by atoms with Crippen LogP contribution in [0.1, 0.15) is 43.5 Å². The van der Waals surface area contributed by atoms with E-state index in [4.69, 9.17) is 9.72 Å². The minimum Gasteiger partial charge on any atom is -0.384 e. The molecule has 29 heavy (non-hydrogen) atoms.